The van der Waals surface area contributed by atoms with E-state index < -0.39 is 0 Å². The van der Waals surface area contributed by atoms with Gasteiger partial charge in [0, 0.05) is 16.7 Å². The molecule has 120 valence electrons. The van der Waals surface area contributed by atoms with Gasteiger partial charge >= 0.3 is 0 Å². The predicted molar refractivity (Wildman–Crippen MR) is 92.1 cm³/mol. The lowest BCUT2D eigenvalue weighted by atomic mass is 10.2. The largest absolute Gasteiger partial charge is 0.477 e. The fourth-order valence-electron chi connectivity index (χ4n) is 2.30. The third kappa shape index (κ3) is 3.81. The quantitative estimate of drug-likeness (QED) is 0.674. The molecule has 2 heterocycles. The van der Waals surface area contributed by atoms with Crippen LogP contribution in [0.25, 0.3) is 16.9 Å². The van der Waals surface area contributed by atoms with Crippen LogP contribution in [0.15, 0.2) is 42.6 Å². The van der Waals surface area contributed by atoms with E-state index in [4.69, 9.17) is 16.3 Å². The molecule has 0 bridgehead atoms. The van der Waals surface area contributed by atoms with Gasteiger partial charge in [-0.2, -0.15) is 0 Å². The Kier molecular flexibility index (Phi) is 5.10. The minimum absolute atomic E-state index is 0.599. The van der Waals surface area contributed by atoms with E-state index in [1.54, 1.807) is 10.7 Å². The lowest BCUT2D eigenvalue weighted by molar-refractivity contribution is 0.293. The Labute approximate surface area is 140 Å². The second-order valence-corrected chi connectivity index (χ2v) is 5.58. The Morgan fingerprint density at radius 2 is 2.00 bits per heavy atom. The van der Waals surface area contributed by atoms with Crippen molar-refractivity contribution >= 4 is 17.2 Å². The van der Waals surface area contributed by atoms with Crippen molar-refractivity contribution < 1.29 is 4.74 Å². The van der Waals surface area contributed by atoms with Crippen LogP contribution in [0.4, 0.5) is 0 Å². The van der Waals surface area contributed by atoms with Crippen LogP contribution >= 0.6 is 11.6 Å². The third-order valence-corrected chi connectivity index (χ3v) is 3.73. The average molecular weight is 331 g/mol. The molecule has 2 aromatic heterocycles. The van der Waals surface area contributed by atoms with Gasteiger partial charge in [-0.25, -0.2) is 9.50 Å². The number of imidazole rings is 1. The highest BCUT2D eigenvalue weighted by Gasteiger charge is 2.08. The Balaban J connectivity index is 1.78. The molecule has 0 unspecified atom stereocenters. The first-order valence-corrected chi connectivity index (χ1v) is 8.10. The Morgan fingerprint density at radius 3 is 2.78 bits per heavy atom. The molecule has 0 aliphatic heterocycles. The topological polar surface area (TPSA) is 51.5 Å². The Bertz CT molecular complexity index is 770. The zero-order valence-corrected chi connectivity index (χ0v) is 13.8. The summed E-state index contributed by atoms with van der Waals surface area (Å²) < 4.78 is 7.51. The Morgan fingerprint density at radius 1 is 1.17 bits per heavy atom. The van der Waals surface area contributed by atoms with Crippen LogP contribution in [0, 0.1) is 0 Å². The summed E-state index contributed by atoms with van der Waals surface area (Å²) in [7, 11) is 0. The second kappa shape index (κ2) is 7.44. The minimum Gasteiger partial charge on any atom is -0.477 e. The fourth-order valence-corrected chi connectivity index (χ4v) is 2.43. The van der Waals surface area contributed by atoms with Crippen molar-refractivity contribution in [1.82, 2.24) is 19.9 Å². The molecule has 23 heavy (non-hydrogen) atoms. The van der Waals surface area contributed by atoms with Crippen LogP contribution in [-0.2, 0) is 0 Å². The van der Waals surface area contributed by atoms with E-state index in [0.29, 0.717) is 17.5 Å². The number of hydrogen-bond acceptors (Lipinski definition) is 4. The van der Waals surface area contributed by atoms with Crippen molar-refractivity contribution in [1.29, 1.82) is 0 Å². The van der Waals surface area contributed by atoms with E-state index in [1.165, 1.54) is 0 Å². The number of hydrogen-bond donors (Lipinski definition) is 1. The number of nitrogens with one attached hydrogen (secondary N) is 1. The van der Waals surface area contributed by atoms with Crippen molar-refractivity contribution in [3.63, 3.8) is 0 Å². The maximum absolute atomic E-state index is 5.95. The molecule has 0 radical (unpaired) electrons. The highest BCUT2D eigenvalue weighted by atomic mass is 35.5. The minimum atomic E-state index is 0.599. The summed E-state index contributed by atoms with van der Waals surface area (Å²) in [5.41, 5.74) is 2.71. The summed E-state index contributed by atoms with van der Waals surface area (Å²) in [6, 6.07) is 11.4. The van der Waals surface area contributed by atoms with Crippen molar-refractivity contribution in [3.05, 3.63) is 47.6 Å². The molecule has 1 aromatic carbocycles. The molecule has 0 saturated carbocycles. The van der Waals surface area contributed by atoms with Crippen molar-refractivity contribution in [2.45, 2.75) is 13.3 Å². The van der Waals surface area contributed by atoms with Crippen LogP contribution in [0.1, 0.15) is 13.3 Å². The molecule has 6 heteroatoms. The molecule has 0 spiro atoms. The third-order valence-electron chi connectivity index (χ3n) is 3.48. The molecule has 0 atom stereocenters. The first-order valence-electron chi connectivity index (χ1n) is 7.72. The molecule has 0 aliphatic rings. The number of nitrogens with zero attached hydrogens (tertiary/aromatic N) is 3. The number of ether oxygens (including phenoxy) is 1. The molecule has 0 amide bonds. The number of fused-ring (bicyclic) bond motifs is 1. The van der Waals surface area contributed by atoms with E-state index >= 15 is 0 Å². The summed E-state index contributed by atoms with van der Waals surface area (Å²) >= 11 is 5.95. The molecule has 1 N–H and O–H groups in total. The number of benzene rings is 1. The van der Waals surface area contributed by atoms with Gasteiger partial charge in [-0.05, 0) is 37.7 Å². The number of halogens is 1. The summed E-state index contributed by atoms with van der Waals surface area (Å²) in [5.74, 6) is 0.599. The highest BCUT2D eigenvalue weighted by Crippen LogP contribution is 2.23. The summed E-state index contributed by atoms with van der Waals surface area (Å²) in [6.07, 6.45) is 2.75. The molecular formula is C17H19ClN4O. The van der Waals surface area contributed by atoms with Gasteiger partial charge < -0.3 is 10.1 Å². The smallest absolute Gasteiger partial charge is 0.231 e. The van der Waals surface area contributed by atoms with Gasteiger partial charge in [0.05, 0.1) is 18.5 Å². The monoisotopic (exact) mass is 330 g/mol. The standard InChI is InChI=1S/C17H19ClN4O/c1-2-19-10-3-11-23-17-9-8-16-20-12-15(22(16)21-17)13-4-6-14(18)7-5-13/h4-9,12,19H,2-3,10-11H2,1H3. The SMILES string of the molecule is CCNCCCOc1ccc2ncc(-c3ccc(Cl)cc3)n2n1. The van der Waals surface area contributed by atoms with E-state index in [-0.39, 0.29) is 0 Å². The van der Waals surface area contributed by atoms with Gasteiger partial charge in [0.1, 0.15) is 0 Å². The molecule has 0 aliphatic carbocycles. The lowest BCUT2D eigenvalue weighted by Crippen LogP contribution is -2.16. The van der Waals surface area contributed by atoms with Crippen molar-refractivity contribution in [2.24, 2.45) is 0 Å². The number of rotatable bonds is 7. The normalized spacial score (nSPS) is 11.0. The molecular weight excluding hydrogens is 312 g/mol. The summed E-state index contributed by atoms with van der Waals surface area (Å²) in [4.78, 5) is 4.38. The van der Waals surface area contributed by atoms with E-state index in [0.717, 1.165) is 36.4 Å². The van der Waals surface area contributed by atoms with Crippen LogP contribution in [-0.4, -0.2) is 34.3 Å². The Hall–Kier alpha value is -2.11. The lowest BCUT2D eigenvalue weighted by Gasteiger charge is -2.07. The maximum atomic E-state index is 5.95. The van der Waals surface area contributed by atoms with Gasteiger partial charge in [0.15, 0.2) is 5.65 Å². The molecule has 3 rings (SSSR count). The van der Waals surface area contributed by atoms with Crippen LogP contribution in [0.5, 0.6) is 5.88 Å². The van der Waals surface area contributed by atoms with Crippen molar-refractivity contribution in [2.75, 3.05) is 19.7 Å². The van der Waals surface area contributed by atoms with Crippen molar-refractivity contribution in [3.8, 4) is 17.1 Å². The predicted octanol–water partition coefficient (Wildman–Crippen LogP) is 3.43. The van der Waals surface area contributed by atoms with Gasteiger partial charge in [-0.15, -0.1) is 5.10 Å². The molecule has 5 nitrogen and oxygen atoms in total. The van der Waals surface area contributed by atoms with Gasteiger partial charge in [-0.1, -0.05) is 30.7 Å². The van der Waals surface area contributed by atoms with Gasteiger partial charge in [0.2, 0.25) is 5.88 Å². The van der Waals surface area contributed by atoms with Gasteiger partial charge in [-0.3, -0.25) is 0 Å². The average Bonchev–Trinajstić information content (AvgIpc) is 2.99. The zero-order valence-electron chi connectivity index (χ0n) is 13.0. The van der Waals surface area contributed by atoms with E-state index in [9.17, 15) is 0 Å². The second-order valence-electron chi connectivity index (χ2n) is 5.15. The van der Waals surface area contributed by atoms with Crippen LogP contribution < -0.4 is 10.1 Å². The molecule has 3 aromatic rings. The fraction of sp³-hybridized carbons (Fsp3) is 0.294. The zero-order chi connectivity index (χ0) is 16.1. The maximum Gasteiger partial charge on any atom is 0.231 e. The van der Waals surface area contributed by atoms with Crippen LogP contribution in [0.2, 0.25) is 5.02 Å². The number of aromatic nitrogens is 3. The summed E-state index contributed by atoms with van der Waals surface area (Å²) in [5, 5.41) is 8.51. The van der Waals surface area contributed by atoms with Gasteiger partial charge in [0.25, 0.3) is 0 Å². The molecule has 0 fully saturated rings. The van der Waals surface area contributed by atoms with E-state index in [2.05, 4.69) is 22.3 Å². The highest BCUT2D eigenvalue weighted by molar-refractivity contribution is 6.30. The van der Waals surface area contributed by atoms with E-state index in [1.807, 2.05) is 36.4 Å². The first kappa shape index (κ1) is 15.8. The first-order chi connectivity index (χ1) is 11.3. The van der Waals surface area contributed by atoms with Crippen LogP contribution in [0.3, 0.4) is 0 Å². The molecule has 0 saturated heterocycles. The summed E-state index contributed by atoms with van der Waals surface area (Å²) in [6.45, 7) is 4.65.